The number of nitrogens with zero attached hydrogens (tertiary/aromatic N) is 6. The average Bonchev–Trinajstić information content (AvgIpc) is 3.44. The summed E-state index contributed by atoms with van der Waals surface area (Å²) in [5, 5.41) is 0. The molecule has 9 heteroatoms. The molecule has 3 aromatic heterocycles. The second-order valence-electron chi connectivity index (χ2n) is 8.23. The number of aromatic nitrogens is 6. The zero-order valence-electron chi connectivity index (χ0n) is 20.0. The largest absolute Gasteiger partial charge is 0.327 e. The molecule has 0 unspecified atom stereocenters. The summed E-state index contributed by atoms with van der Waals surface area (Å²) in [6, 6.07) is 0. The molecule has 0 N–H and O–H groups in total. The van der Waals surface area contributed by atoms with E-state index >= 15 is 0 Å². The Morgan fingerprint density at radius 3 is 0.879 bits per heavy atom. The van der Waals surface area contributed by atoms with Crippen LogP contribution in [-0.4, -0.2) is 27.4 Å². The van der Waals surface area contributed by atoms with Crippen molar-refractivity contribution in [2.24, 2.45) is 21.1 Å². The monoisotopic (exact) mass is 498 g/mol. The average molecular weight is 499 g/mol. The van der Waals surface area contributed by atoms with Crippen LogP contribution in [0.25, 0.3) is 17.1 Å². The minimum atomic E-state index is 0.758. The Hall–Kier alpha value is -2.49. The van der Waals surface area contributed by atoms with Crippen molar-refractivity contribution in [2.75, 3.05) is 0 Å². The molecule has 3 heterocycles. The van der Waals surface area contributed by atoms with Crippen LogP contribution in [0.1, 0.15) is 37.5 Å². The number of imidazole rings is 3. The molecule has 0 amide bonds. The van der Waals surface area contributed by atoms with E-state index in [1.54, 1.807) is 0 Å². The second-order valence-corrected chi connectivity index (χ2v) is 9.32. The highest BCUT2D eigenvalue weighted by molar-refractivity contribution is 7.71. The Morgan fingerprint density at radius 2 is 0.727 bits per heavy atom. The topological polar surface area (TPSA) is 29.6 Å². The van der Waals surface area contributed by atoms with E-state index in [0.29, 0.717) is 0 Å². The van der Waals surface area contributed by atoms with Crippen LogP contribution in [0.3, 0.4) is 0 Å². The van der Waals surface area contributed by atoms with Crippen LogP contribution in [0.5, 0.6) is 0 Å². The molecule has 0 radical (unpaired) electrons. The number of benzene rings is 1. The lowest BCUT2D eigenvalue weighted by molar-refractivity contribution is 0.812. The normalized spacial score (nSPS) is 11.5. The fourth-order valence-corrected chi connectivity index (χ4v) is 5.30. The van der Waals surface area contributed by atoms with E-state index in [1.807, 2.05) is 53.4 Å². The minimum absolute atomic E-state index is 0.758. The molecule has 4 aromatic rings. The van der Waals surface area contributed by atoms with Crippen LogP contribution in [0.4, 0.5) is 0 Å². The van der Waals surface area contributed by atoms with Gasteiger partial charge in [-0.2, -0.15) is 0 Å². The summed E-state index contributed by atoms with van der Waals surface area (Å²) in [4.78, 5) is 0. The standard InChI is InChI=1S/C24H30N6S3/c1-7-16-19(28-13-10-25(4)22(28)31)17(8-2)21(30-15-12-27(6)24(30)33)18(9-3)20(16)29-14-11-26(5)23(29)32/h10-15H,7-9H2,1-6H3. The van der Waals surface area contributed by atoms with E-state index in [2.05, 4.69) is 53.1 Å². The summed E-state index contributed by atoms with van der Waals surface area (Å²) in [5.74, 6) is 0. The van der Waals surface area contributed by atoms with Crippen molar-refractivity contribution in [2.45, 2.75) is 40.0 Å². The fraction of sp³-hybridized carbons (Fsp3) is 0.375. The van der Waals surface area contributed by atoms with Gasteiger partial charge in [0.25, 0.3) is 0 Å². The Kier molecular flexibility index (Phi) is 6.48. The van der Waals surface area contributed by atoms with Gasteiger partial charge in [0.1, 0.15) is 0 Å². The van der Waals surface area contributed by atoms with Crippen molar-refractivity contribution in [3.63, 3.8) is 0 Å². The number of hydrogen-bond acceptors (Lipinski definition) is 3. The maximum atomic E-state index is 5.83. The molecule has 1 aromatic carbocycles. The highest BCUT2D eigenvalue weighted by Crippen LogP contribution is 2.38. The maximum absolute atomic E-state index is 5.83. The van der Waals surface area contributed by atoms with Crippen LogP contribution < -0.4 is 0 Å². The zero-order chi connectivity index (χ0) is 24.0. The van der Waals surface area contributed by atoms with Gasteiger partial charge in [-0.05, 0) is 55.9 Å². The lowest BCUT2D eigenvalue weighted by atomic mass is 9.92. The summed E-state index contributed by atoms with van der Waals surface area (Å²) in [6.07, 6.45) is 14.7. The first-order valence-electron chi connectivity index (χ1n) is 11.2. The summed E-state index contributed by atoms with van der Waals surface area (Å²) >= 11 is 17.5. The molecule has 6 nitrogen and oxygen atoms in total. The Balaban J connectivity index is 2.32. The van der Waals surface area contributed by atoms with E-state index in [1.165, 1.54) is 16.7 Å². The van der Waals surface area contributed by atoms with Crippen molar-refractivity contribution in [3.8, 4) is 17.1 Å². The smallest absolute Gasteiger partial charge is 0.184 e. The predicted molar refractivity (Wildman–Crippen MR) is 142 cm³/mol. The summed E-state index contributed by atoms with van der Waals surface area (Å²) in [6.45, 7) is 6.61. The molecule has 0 aliphatic rings. The van der Waals surface area contributed by atoms with Gasteiger partial charge in [0.05, 0.1) is 17.1 Å². The van der Waals surface area contributed by atoms with E-state index in [4.69, 9.17) is 36.7 Å². The Morgan fingerprint density at radius 1 is 0.485 bits per heavy atom. The minimum Gasteiger partial charge on any atom is -0.327 e. The third kappa shape index (κ3) is 3.62. The lowest BCUT2D eigenvalue weighted by Gasteiger charge is -2.27. The van der Waals surface area contributed by atoms with Gasteiger partial charge >= 0.3 is 0 Å². The molecular weight excluding hydrogens is 469 g/mol. The van der Waals surface area contributed by atoms with Crippen LogP contribution in [0, 0.1) is 14.3 Å². The SMILES string of the molecule is CCc1c(-n2ccn(C)c2=S)c(CC)c(-n2ccn(C)c2=S)c(CC)c1-n1ccn(C)c1=S. The van der Waals surface area contributed by atoms with Crippen molar-refractivity contribution < 1.29 is 0 Å². The maximum Gasteiger partial charge on any atom is 0.184 e. The van der Waals surface area contributed by atoms with Gasteiger partial charge in [-0.1, -0.05) is 20.8 Å². The summed E-state index contributed by atoms with van der Waals surface area (Å²) < 4.78 is 14.6. The molecule has 0 saturated carbocycles. The zero-order valence-corrected chi connectivity index (χ0v) is 22.4. The van der Waals surface area contributed by atoms with E-state index in [-0.39, 0.29) is 0 Å². The number of aryl methyl sites for hydroxylation is 3. The van der Waals surface area contributed by atoms with E-state index < -0.39 is 0 Å². The van der Waals surface area contributed by atoms with Crippen molar-refractivity contribution in [1.82, 2.24) is 27.4 Å². The molecule has 174 valence electrons. The third-order valence-electron chi connectivity index (χ3n) is 6.34. The fourth-order valence-electron chi connectivity index (χ4n) is 4.66. The predicted octanol–water partition coefficient (Wildman–Crippen LogP) is 5.95. The van der Waals surface area contributed by atoms with Gasteiger partial charge in [-0.3, -0.25) is 13.7 Å². The molecule has 0 saturated heterocycles. The molecule has 0 atom stereocenters. The molecule has 33 heavy (non-hydrogen) atoms. The molecule has 0 bridgehead atoms. The Labute approximate surface area is 210 Å². The highest BCUT2D eigenvalue weighted by atomic mass is 32.1. The molecular formula is C24H30N6S3. The van der Waals surface area contributed by atoms with Gasteiger partial charge in [-0.25, -0.2) is 0 Å². The molecule has 0 fully saturated rings. The lowest BCUT2D eigenvalue weighted by Crippen LogP contribution is -2.17. The number of hydrogen-bond donors (Lipinski definition) is 0. The van der Waals surface area contributed by atoms with E-state index in [0.717, 1.165) is 50.6 Å². The Bertz CT molecular complexity index is 1320. The van der Waals surface area contributed by atoms with Crippen LogP contribution in [0.2, 0.25) is 0 Å². The third-order valence-corrected chi connectivity index (χ3v) is 7.79. The van der Waals surface area contributed by atoms with Crippen molar-refractivity contribution in [3.05, 3.63) is 68.2 Å². The first kappa shape index (κ1) is 23.7. The molecule has 4 rings (SSSR count). The summed E-state index contributed by atoms with van der Waals surface area (Å²) in [5.41, 5.74) is 7.09. The quantitative estimate of drug-likeness (QED) is 0.308. The van der Waals surface area contributed by atoms with Gasteiger partial charge in [-0.15, -0.1) is 0 Å². The van der Waals surface area contributed by atoms with Crippen LogP contribution in [-0.2, 0) is 40.4 Å². The van der Waals surface area contributed by atoms with Crippen molar-refractivity contribution >= 4 is 36.7 Å². The van der Waals surface area contributed by atoms with Crippen LogP contribution >= 0.6 is 36.7 Å². The molecule has 0 aliphatic carbocycles. The highest BCUT2D eigenvalue weighted by Gasteiger charge is 2.26. The van der Waals surface area contributed by atoms with Crippen LogP contribution in [0.15, 0.2) is 37.2 Å². The van der Waals surface area contributed by atoms with Gasteiger partial charge in [0.2, 0.25) is 0 Å². The number of rotatable bonds is 6. The molecule has 0 spiro atoms. The molecule has 0 aliphatic heterocycles. The van der Waals surface area contributed by atoms with Gasteiger partial charge < -0.3 is 13.7 Å². The van der Waals surface area contributed by atoms with Gasteiger partial charge in [0, 0.05) is 75.0 Å². The summed E-state index contributed by atoms with van der Waals surface area (Å²) in [7, 11) is 5.96. The second kappa shape index (κ2) is 9.04. The van der Waals surface area contributed by atoms with E-state index in [9.17, 15) is 0 Å². The first-order chi connectivity index (χ1) is 15.8. The van der Waals surface area contributed by atoms with Gasteiger partial charge in [0.15, 0.2) is 14.3 Å². The van der Waals surface area contributed by atoms with Crippen molar-refractivity contribution in [1.29, 1.82) is 0 Å². The first-order valence-corrected chi connectivity index (χ1v) is 12.4.